The Hall–Kier alpha value is -1.52. The summed E-state index contributed by atoms with van der Waals surface area (Å²) in [4.78, 5) is 0. The second-order valence-corrected chi connectivity index (χ2v) is 5.21. The first-order valence-electron chi connectivity index (χ1n) is 5.90. The number of allylic oxidation sites excluding steroid dienone is 2. The van der Waals surface area contributed by atoms with Crippen LogP contribution < -0.4 is 0 Å². The standard InChI is InChI=1S/C10F18/c11-2-1(4(13,14)7(19,20)5(2,15)16)3(12,9(23,24)25)6(17,18)8(21,22)10(26,27)28. The smallest absolute Gasteiger partial charge is 0.221 e. The van der Waals surface area contributed by atoms with Gasteiger partial charge in [0.1, 0.15) is 0 Å². The quantitative estimate of drug-likeness (QED) is 0.437. The lowest BCUT2D eigenvalue weighted by molar-refractivity contribution is -0.407. The molecule has 1 atom stereocenters. The van der Waals surface area contributed by atoms with E-state index in [1.165, 1.54) is 0 Å². The van der Waals surface area contributed by atoms with Gasteiger partial charge >= 0.3 is 47.6 Å². The highest BCUT2D eigenvalue weighted by molar-refractivity contribution is 5.46. The Labute approximate surface area is 139 Å². The van der Waals surface area contributed by atoms with Crippen LogP contribution in [0.1, 0.15) is 0 Å². The van der Waals surface area contributed by atoms with Crippen LogP contribution in [0.25, 0.3) is 0 Å². The zero-order chi connectivity index (χ0) is 23.2. The van der Waals surface area contributed by atoms with Crippen LogP contribution in [0.3, 0.4) is 0 Å². The van der Waals surface area contributed by atoms with Gasteiger partial charge in [-0.2, -0.15) is 70.2 Å². The van der Waals surface area contributed by atoms with Crippen molar-refractivity contribution < 1.29 is 79.0 Å². The van der Waals surface area contributed by atoms with Gasteiger partial charge in [-0.25, -0.2) is 8.78 Å². The van der Waals surface area contributed by atoms with Gasteiger partial charge in [0.05, 0.1) is 5.57 Å². The van der Waals surface area contributed by atoms with Gasteiger partial charge in [0.2, 0.25) is 0 Å². The maximum atomic E-state index is 13.9. The van der Waals surface area contributed by atoms with Crippen molar-refractivity contribution in [2.24, 2.45) is 0 Å². The summed E-state index contributed by atoms with van der Waals surface area (Å²) in [6.45, 7) is 0. The Balaban J connectivity index is 4.11. The van der Waals surface area contributed by atoms with Gasteiger partial charge in [-0.05, 0) is 0 Å². The third kappa shape index (κ3) is 2.43. The Morgan fingerprint density at radius 2 is 0.857 bits per heavy atom. The number of alkyl halides is 17. The predicted molar refractivity (Wildman–Crippen MR) is 48.8 cm³/mol. The Morgan fingerprint density at radius 1 is 0.500 bits per heavy atom. The minimum absolute atomic E-state index is 4.99. The SMILES string of the molecule is FC1=C(C(F)(C(F)(F)F)C(F)(F)C(F)(F)C(F)(F)F)C(F)(F)C(F)(F)C1(F)F. The van der Waals surface area contributed by atoms with Crippen molar-refractivity contribution in [3.63, 3.8) is 0 Å². The highest BCUT2D eigenvalue weighted by Gasteiger charge is 2.94. The van der Waals surface area contributed by atoms with E-state index in [9.17, 15) is 79.0 Å². The van der Waals surface area contributed by atoms with Gasteiger partial charge in [0.15, 0.2) is 5.83 Å². The molecule has 18 heteroatoms. The monoisotopic (exact) mass is 462 g/mol. The molecule has 0 heterocycles. The summed E-state index contributed by atoms with van der Waals surface area (Å²) in [5, 5.41) is 0. The fourth-order valence-electron chi connectivity index (χ4n) is 2.03. The van der Waals surface area contributed by atoms with Gasteiger partial charge in [-0.15, -0.1) is 0 Å². The molecule has 166 valence electrons. The van der Waals surface area contributed by atoms with Gasteiger partial charge in [0, 0.05) is 0 Å². The first-order chi connectivity index (χ1) is 11.8. The molecule has 1 aliphatic rings. The molecule has 0 nitrogen and oxygen atoms in total. The fourth-order valence-corrected chi connectivity index (χ4v) is 2.03. The van der Waals surface area contributed by atoms with Crippen molar-refractivity contribution in [2.75, 3.05) is 0 Å². The minimum atomic E-state index is -8.54. The molecule has 0 aliphatic heterocycles. The number of hydrogen-bond acceptors (Lipinski definition) is 0. The lowest BCUT2D eigenvalue weighted by Crippen LogP contribution is -2.70. The third-order valence-electron chi connectivity index (χ3n) is 3.52. The van der Waals surface area contributed by atoms with E-state index in [4.69, 9.17) is 0 Å². The number of rotatable bonds is 3. The molecule has 0 aromatic heterocycles. The highest BCUT2D eigenvalue weighted by Crippen LogP contribution is 2.69. The van der Waals surface area contributed by atoms with Gasteiger partial charge in [0.25, 0.3) is 0 Å². The summed E-state index contributed by atoms with van der Waals surface area (Å²) in [6.07, 6.45) is -16.0. The maximum absolute atomic E-state index is 13.9. The zero-order valence-corrected chi connectivity index (χ0v) is 11.8. The first-order valence-corrected chi connectivity index (χ1v) is 5.90. The van der Waals surface area contributed by atoms with Crippen LogP contribution in [0, 0.1) is 0 Å². The van der Waals surface area contributed by atoms with Crippen molar-refractivity contribution in [3.05, 3.63) is 11.4 Å². The largest absolute Gasteiger partial charge is 0.460 e. The molecule has 0 amide bonds. The van der Waals surface area contributed by atoms with Crippen LogP contribution in [-0.4, -0.2) is 47.6 Å². The van der Waals surface area contributed by atoms with Crippen LogP contribution in [0.5, 0.6) is 0 Å². The van der Waals surface area contributed by atoms with E-state index in [1.807, 2.05) is 0 Å². The van der Waals surface area contributed by atoms with E-state index in [0.717, 1.165) is 0 Å². The molecular weight excluding hydrogens is 462 g/mol. The van der Waals surface area contributed by atoms with Crippen LogP contribution in [0.2, 0.25) is 0 Å². The van der Waals surface area contributed by atoms with Crippen molar-refractivity contribution in [2.45, 2.75) is 47.6 Å². The van der Waals surface area contributed by atoms with E-state index in [-0.39, 0.29) is 0 Å². The van der Waals surface area contributed by atoms with E-state index < -0.39 is 59.0 Å². The number of halogens is 18. The average molecular weight is 462 g/mol. The summed E-state index contributed by atoms with van der Waals surface area (Å²) in [6, 6.07) is 0. The zero-order valence-electron chi connectivity index (χ0n) is 11.8. The second kappa shape index (κ2) is 5.54. The molecule has 0 N–H and O–H groups in total. The molecule has 0 bridgehead atoms. The first kappa shape index (κ1) is 24.5. The van der Waals surface area contributed by atoms with Crippen molar-refractivity contribution >= 4 is 0 Å². The molecule has 0 fully saturated rings. The summed E-state index contributed by atoms with van der Waals surface area (Å²) < 4.78 is 231. The van der Waals surface area contributed by atoms with Gasteiger partial charge < -0.3 is 0 Å². The van der Waals surface area contributed by atoms with Gasteiger partial charge in [-0.3, -0.25) is 0 Å². The lowest BCUT2D eigenvalue weighted by Gasteiger charge is -2.41. The van der Waals surface area contributed by atoms with Crippen molar-refractivity contribution in [1.82, 2.24) is 0 Å². The molecule has 0 aromatic carbocycles. The van der Waals surface area contributed by atoms with E-state index in [1.54, 1.807) is 0 Å². The maximum Gasteiger partial charge on any atom is 0.460 e. The molecule has 1 rings (SSSR count). The molecule has 0 spiro atoms. The molecule has 0 aromatic rings. The normalized spacial score (nSPS) is 25.1. The molecular formula is C10F18. The molecule has 28 heavy (non-hydrogen) atoms. The van der Waals surface area contributed by atoms with Crippen molar-refractivity contribution in [1.29, 1.82) is 0 Å². The average Bonchev–Trinajstić information content (AvgIpc) is 2.51. The molecule has 1 unspecified atom stereocenters. The predicted octanol–water partition coefficient (Wildman–Crippen LogP) is 6.23. The second-order valence-electron chi connectivity index (χ2n) is 5.21. The summed E-state index contributed by atoms with van der Waals surface area (Å²) >= 11 is 0. The van der Waals surface area contributed by atoms with Crippen LogP contribution in [0.4, 0.5) is 79.0 Å². The van der Waals surface area contributed by atoms with Crippen LogP contribution in [0.15, 0.2) is 11.4 Å². The molecule has 0 saturated heterocycles. The Morgan fingerprint density at radius 3 is 1.07 bits per heavy atom. The number of hydrogen-bond donors (Lipinski definition) is 0. The van der Waals surface area contributed by atoms with E-state index >= 15 is 0 Å². The van der Waals surface area contributed by atoms with Crippen LogP contribution >= 0.6 is 0 Å². The lowest BCUT2D eigenvalue weighted by atomic mass is 9.81. The summed E-state index contributed by atoms with van der Waals surface area (Å²) in [5.41, 5.74) is -13.6. The molecule has 1 aliphatic carbocycles. The third-order valence-corrected chi connectivity index (χ3v) is 3.52. The van der Waals surface area contributed by atoms with E-state index in [0.29, 0.717) is 0 Å². The molecule has 0 saturated carbocycles. The summed E-state index contributed by atoms with van der Waals surface area (Å²) in [5.74, 6) is -44.0. The van der Waals surface area contributed by atoms with Gasteiger partial charge in [-0.1, -0.05) is 0 Å². The Bertz CT molecular complexity index is 673. The highest BCUT2D eigenvalue weighted by atomic mass is 19.4. The van der Waals surface area contributed by atoms with E-state index in [2.05, 4.69) is 0 Å². The molecule has 0 radical (unpaired) electrons. The Kier molecular flexibility index (Phi) is 4.85. The minimum Gasteiger partial charge on any atom is -0.221 e. The van der Waals surface area contributed by atoms with Crippen molar-refractivity contribution in [3.8, 4) is 0 Å². The topological polar surface area (TPSA) is 0 Å². The van der Waals surface area contributed by atoms with Crippen LogP contribution in [-0.2, 0) is 0 Å². The summed E-state index contributed by atoms with van der Waals surface area (Å²) in [7, 11) is 0. The fraction of sp³-hybridized carbons (Fsp3) is 0.800.